The molecule has 7 heteroatoms. The van der Waals surface area contributed by atoms with Gasteiger partial charge in [-0.15, -0.1) is 0 Å². The van der Waals surface area contributed by atoms with Gasteiger partial charge in [-0.2, -0.15) is 0 Å². The molecule has 0 aliphatic carbocycles. The van der Waals surface area contributed by atoms with Gasteiger partial charge in [0.2, 0.25) is 5.91 Å². The molecule has 38 heavy (non-hydrogen) atoms. The van der Waals surface area contributed by atoms with Crippen LogP contribution in [-0.2, 0) is 33.9 Å². The van der Waals surface area contributed by atoms with Crippen molar-refractivity contribution in [3.8, 4) is 5.75 Å². The molecule has 2 amide bonds. The summed E-state index contributed by atoms with van der Waals surface area (Å²) < 4.78 is 17.1. The van der Waals surface area contributed by atoms with E-state index in [2.05, 4.69) is 5.32 Å². The first kappa shape index (κ1) is 28.7. The molecule has 0 radical (unpaired) electrons. The van der Waals surface area contributed by atoms with E-state index in [9.17, 15) is 9.59 Å². The lowest BCUT2D eigenvalue weighted by Gasteiger charge is -2.30. The highest BCUT2D eigenvalue weighted by Gasteiger charge is 2.30. The quantitative estimate of drug-likeness (QED) is 0.326. The van der Waals surface area contributed by atoms with Gasteiger partial charge >= 0.3 is 6.09 Å². The number of hydrogen-bond acceptors (Lipinski definition) is 5. The zero-order valence-corrected chi connectivity index (χ0v) is 22.7. The van der Waals surface area contributed by atoms with E-state index in [1.807, 2.05) is 84.9 Å². The molecule has 0 saturated carbocycles. The summed E-state index contributed by atoms with van der Waals surface area (Å²) in [6.45, 7) is 7.02. The van der Waals surface area contributed by atoms with E-state index in [1.165, 1.54) is 4.90 Å². The number of carbonyl (C=O) groups is 2. The van der Waals surface area contributed by atoms with Gasteiger partial charge in [0.15, 0.2) is 0 Å². The van der Waals surface area contributed by atoms with Crippen molar-refractivity contribution in [1.82, 2.24) is 10.2 Å². The number of ether oxygens (including phenoxy) is 3. The minimum absolute atomic E-state index is 0.272. The van der Waals surface area contributed by atoms with E-state index in [0.29, 0.717) is 32.8 Å². The van der Waals surface area contributed by atoms with Gasteiger partial charge in [0.05, 0.1) is 13.2 Å². The summed E-state index contributed by atoms with van der Waals surface area (Å²) in [6, 6.07) is 26.6. The van der Waals surface area contributed by atoms with Gasteiger partial charge in [-0.25, -0.2) is 4.79 Å². The van der Waals surface area contributed by atoms with Crippen molar-refractivity contribution in [3.63, 3.8) is 0 Å². The summed E-state index contributed by atoms with van der Waals surface area (Å²) in [6.07, 6.45) is -0.230. The van der Waals surface area contributed by atoms with Crippen molar-refractivity contribution < 1.29 is 23.8 Å². The van der Waals surface area contributed by atoms with Gasteiger partial charge in [0.25, 0.3) is 0 Å². The second-order valence-corrected chi connectivity index (χ2v) is 10.1. The van der Waals surface area contributed by atoms with Crippen molar-refractivity contribution in [3.05, 3.63) is 102 Å². The third-order valence-corrected chi connectivity index (χ3v) is 5.71. The summed E-state index contributed by atoms with van der Waals surface area (Å²) in [4.78, 5) is 27.3. The molecule has 0 heterocycles. The maximum Gasteiger partial charge on any atom is 0.410 e. The fraction of sp³-hybridized carbons (Fsp3) is 0.355. The standard InChI is InChI=1S/C31H38N2O5/c1-31(2,3)38-30(35)33(4)28(29(34)32-19-20-36-22-25-11-7-5-8-12-25)21-24-15-17-27(18-16-24)37-23-26-13-9-6-10-14-26/h5-18,28H,19-23H2,1-4H3,(H,32,34). The lowest BCUT2D eigenvalue weighted by atomic mass is 10.0. The van der Waals surface area contributed by atoms with E-state index in [4.69, 9.17) is 14.2 Å². The average Bonchev–Trinajstić information content (AvgIpc) is 2.90. The Kier molecular flexibility index (Phi) is 10.7. The van der Waals surface area contributed by atoms with Gasteiger partial charge < -0.3 is 19.5 Å². The molecule has 3 rings (SSSR count). The van der Waals surface area contributed by atoms with Gasteiger partial charge in [0, 0.05) is 20.0 Å². The van der Waals surface area contributed by atoms with Crippen LogP contribution in [0.4, 0.5) is 4.79 Å². The van der Waals surface area contributed by atoms with Crippen molar-refractivity contribution in [2.45, 2.75) is 52.0 Å². The molecule has 3 aromatic rings. The third-order valence-electron chi connectivity index (χ3n) is 5.71. The Morgan fingerprint density at radius 3 is 1.97 bits per heavy atom. The van der Waals surface area contributed by atoms with E-state index in [0.717, 1.165) is 22.4 Å². The van der Waals surface area contributed by atoms with Gasteiger partial charge in [-0.3, -0.25) is 9.69 Å². The molecule has 1 N–H and O–H groups in total. The summed E-state index contributed by atoms with van der Waals surface area (Å²) in [5, 5.41) is 2.90. The topological polar surface area (TPSA) is 77.1 Å². The molecule has 0 aliphatic rings. The monoisotopic (exact) mass is 518 g/mol. The average molecular weight is 519 g/mol. The Balaban J connectivity index is 1.58. The summed E-state index contributed by atoms with van der Waals surface area (Å²) in [5.74, 6) is 0.459. The Hall–Kier alpha value is -3.84. The predicted molar refractivity (Wildman–Crippen MR) is 148 cm³/mol. The molecule has 0 saturated heterocycles. The smallest absolute Gasteiger partial charge is 0.410 e. The summed E-state index contributed by atoms with van der Waals surface area (Å²) in [7, 11) is 1.58. The number of amides is 2. The van der Waals surface area contributed by atoms with Crippen LogP contribution < -0.4 is 10.1 Å². The van der Waals surface area contributed by atoms with Crippen LogP contribution in [0.2, 0.25) is 0 Å². The number of nitrogens with one attached hydrogen (secondary N) is 1. The highest BCUT2D eigenvalue weighted by atomic mass is 16.6. The van der Waals surface area contributed by atoms with E-state index >= 15 is 0 Å². The van der Waals surface area contributed by atoms with Crippen LogP contribution in [0.15, 0.2) is 84.9 Å². The first-order valence-electron chi connectivity index (χ1n) is 12.8. The summed E-state index contributed by atoms with van der Waals surface area (Å²) in [5.41, 5.74) is 2.38. The third kappa shape index (κ3) is 9.90. The van der Waals surface area contributed by atoms with Gasteiger partial charge in [-0.1, -0.05) is 72.8 Å². The van der Waals surface area contributed by atoms with Crippen LogP contribution in [0.3, 0.4) is 0 Å². The molecular formula is C31H38N2O5. The highest BCUT2D eigenvalue weighted by Crippen LogP contribution is 2.18. The van der Waals surface area contributed by atoms with Gasteiger partial charge in [-0.05, 0) is 49.6 Å². The second-order valence-electron chi connectivity index (χ2n) is 10.1. The maximum absolute atomic E-state index is 13.2. The molecule has 1 atom stereocenters. The Labute approximate surface area is 225 Å². The number of nitrogens with zero attached hydrogens (tertiary/aromatic N) is 1. The summed E-state index contributed by atoms with van der Waals surface area (Å²) >= 11 is 0. The van der Waals surface area contributed by atoms with E-state index in [1.54, 1.807) is 27.8 Å². The van der Waals surface area contributed by atoms with Crippen LogP contribution in [0, 0.1) is 0 Å². The lowest BCUT2D eigenvalue weighted by Crippen LogP contribution is -2.50. The molecule has 0 spiro atoms. The Morgan fingerprint density at radius 2 is 1.39 bits per heavy atom. The fourth-order valence-electron chi connectivity index (χ4n) is 3.68. The molecule has 0 fully saturated rings. The Morgan fingerprint density at radius 1 is 0.816 bits per heavy atom. The number of hydrogen-bond donors (Lipinski definition) is 1. The van der Waals surface area contributed by atoms with Crippen molar-refractivity contribution in [1.29, 1.82) is 0 Å². The number of rotatable bonds is 12. The van der Waals surface area contributed by atoms with Crippen LogP contribution >= 0.6 is 0 Å². The Bertz CT molecular complexity index is 1130. The van der Waals surface area contributed by atoms with Crippen LogP contribution in [0.25, 0.3) is 0 Å². The van der Waals surface area contributed by atoms with Gasteiger partial charge in [0.1, 0.15) is 24.0 Å². The molecule has 202 valence electrons. The largest absolute Gasteiger partial charge is 0.489 e. The number of benzene rings is 3. The zero-order valence-electron chi connectivity index (χ0n) is 22.7. The van der Waals surface area contributed by atoms with Crippen molar-refractivity contribution in [2.75, 3.05) is 20.2 Å². The number of carbonyl (C=O) groups excluding carboxylic acids is 2. The molecule has 7 nitrogen and oxygen atoms in total. The first-order chi connectivity index (χ1) is 18.2. The predicted octanol–water partition coefficient (Wildman–Crippen LogP) is 5.38. The van der Waals surface area contributed by atoms with Crippen LogP contribution in [0.1, 0.15) is 37.5 Å². The second kappa shape index (κ2) is 14.2. The molecule has 0 aliphatic heterocycles. The minimum atomic E-state index is -0.755. The molecular weight excluding hydrogens is 480 g/mol. The van der Waals surface area contributed by atoms with Crippen LogP contribution in [0.5, 0.6) is 5.75 Å². The van der Waals surface area contributed by atoms with Crippen LogP contribution in [-0.4, -0.2) is 48.7 Å². The lowest BCUT2D eigenvalue weighted by molar-refractivity contribution is -0.126. The van der Waals surface area contributed by atoms with E-state index < -0.39 is 17.7 Å². The molecule has 0 aromatic heterocycles. The highest BCUT2D eigenvalue weighted by molar-refractivity contribution is 5.86. The molecule has 0 bridgehead atoms. The van der Waals surface area contributed by atoms with Crippen molar-refractivity contribution in [2.24, 2.45) is 0 Å². The zero-order chi connectivity index (χ0) is 27.4. The fourth-order valence-corrected chi connectivity index (χ4v) is 3.68. The first-order valence-corrected chi connectivity index (χ1v) is 12.8. The number of likely N-dealkylation sites (N-methyl/N-ethyl adjacent to an activating group) is 1. The van der Waals surface area contributed by atoms with Crippen molar-refractivity contribution >= 4 is 12.0 Å². The maximum atomic E-state index is 13.2. The normalized spacial score (nSPS) is 11.9. The molecule has 1 unspecified atom stereocenters. The SMILES string of the molecule is CN(C(=O)OC(C)(C)C)C(Cc1ccc(OCc2ccccc2)cc1)C(=O)NCCOCc1ccccc1. The minimum Gasteiger partial charge on any atom is -0.489 e. The van der Waals surface area contributed by atoms with E-state index in [-0.39, 0.29) is 5.91 Å². The molecule has 3 aromatic carbocycles.